The fraction of sp³-hybridized carbons (Fsp3) is 0.800. The number of nitrogens with one attached hydrogen (secondary N) is 2. The van der Waals surface area contributed by atoms with Gasteiger partial charge in [-0.3, -0.25) is 4.99 Å². The molecule has 0 aliphatic heterocycles. The van der Waals surface area contributed by atoms with Gasteiger partial charge in [-0.15, -0.1) is 0 Å². The smallest absolute Gasteiger partial charge is 0.191 e. The molecule has 110 valence electrons. The minimum atomic E-state index is -0.177. The molecule has 0 unspecified atom stereocenters. The molecule has 0 fully saturated rings. The number of guanidine groups is 1. The van der Waals surface area contributed by atoms with Gasteiger partial charge in [0.2, 0.25) is 0 Å². The van der Waals surface area contributed by atoms with Gasteiger partial charge in [-0.2, -0.15) is 0 Å². The lowest BCUT2D eigenvalue weighted by atomic mass is 9.97. The average molecular weight is 267 g/mol. The molecule has 0 saturated carbocycles. The second-order valence-electron chi connectivity index (χ2n) is 5.67. The Morgan fingerprint density at radius 1 is 1.37 bits per heavy atom. The molecule has 4 heteroatoms. The van der Waals surface area contributed by atoms with Crippen molar-refractivity contribution in [2.24, 2.45) is 4.99 Å². The summed E-state index contributed by atoms with van der Waals surface area (Å²) >= 11 is 0. The molecule has 0 atom stereocenters. The summed E-state index contributed by atoms with van der Waals surface area (Å²) in [6.45, 7) is 5.80. The molecule has 4 nitrogen and oxygen atoms in total. The molecule has 0 bridgehead atoms. The molecule has 0 radical (unpaired) electrons. The predicted octanol–water partition coefficient (Wildman–Crippen LogP) is 2.47. The van der Waals surface area contributed by atoms with E-state index in [4.69, 9.17) is 4.74 Å². The summed E-state index contributed by atoms with van der Waals surface area (Å²) in [5.74, 6) is 0.849. The van der Waals surface area contributed by atoms with E-state index in [1.54, 1.807) is 19.7 Å². The molecule has 0 heterocycles. The van der Waals surface area contributed by atoms with Crippen molar-refractivity contribution in [3.63, 3.8) is 0 Å². The van der Waals surface area contributed by atoms with Gasteiger partial charge in [0.15, 0.2) is 5.96 Å². The van der Waals surface area contributed by atoms with Gasteiger partial charge in [0, 0.05) is 27.2 Å². The Balaban J connectivity index is 2.24. The number of methoxy groups -OCH3 is 1. The Hall–Kier alpha value is -1.03. The molecule has 0 aromatic carbocycles. The molecule has 0 aromatic rings. The van der Waals surface area contributed by atoms with Crippen LogP contribution in [-0.2, 0) is 4.74 Å². The third kappa shape index (κ3) is 6.62. The molecule has 19 heavy (non-hydrogen) atoms. The topological polar surface area (TPSA) is 45.7 Å². The van der Waals surface area contributed by atoms with E-state index in [-0.39, 0.29) is 5.60 Å². The maximum Gasteiger partial charge on any atom is 0.191 e. The van der Waals surface area contributed by atoms with Gasteiger partial charge in [-0.05, 0) is 46.0 Å². The van der Waals surface area contributed by atoms with Gasteiger partial charge in [-0.1, -0.05) is 11.6 Å². The summed E-state index contributed by atoms with van der Waals surface area (Å²) in [4.78, 5) is 4.23. The fourth-order valence-electron chi connectivity index (χ4n) is 2.06. The number of rotatable bonds is 6. The first-order chi connectivity index (χ1) is 9.07. The van der Waals surface area contributed by atoms with Crippen LogP contribution in [0.3, 0.4) is 0 Å². The Bertz CT molecular complexity index is 321. The number of aliphatic imine (C=N–C) groups is 1. The lowest BCUT2D eigenvalue weighted by Gasteiger charge is -2.24. The van der Waals surface area contributed by atoms with Gasteiger partial charge in [0.25, 0.3) is 0 Å². The van der Waals surface area contributed by atoms with E-state index in [1.165, 1.54) is 25.7 Å². The maximum absolute atomic E-state index is 5.38. The molecular formula is C15H29N3O. The van der Waals surface area contributed by atoms with Crippen molar-refractivity contribution < 1.29 is 4.74 Å². The number of allylic oxidation sites excluding steroid dienone is 1. The fourth-order valence-corrected chi connectivity index (χ4v) is 2.06. The molecule has 0 saturated heterocycles. The minimum absolute atomic E-state index is 0.177. The number of hydrogen-bond acceptors (Lipinski definition) is 2. The van der Waals surface area contributed by atoms with Crippen LogP contribution < -0.4 is 10.6 Å². The lowest BCUT2D eigenvalue weighted by molar-refractivity contribution is 0.0268. The van der Waals surface area contributed by atoms with Gasteiger partial charge >= 0.3 is 0 Å². The van der Waals surface area contributed by atoms with Crippen molar-refractivity contribution in [1.82, 2.24) is 10.6 Å². The highest BCUT2D eigenvalue weighted by Crippen LogP contribution is 2.19. The first kappa shape index (κ1) is 16.0. The van der Waals surface area contributed by atoms with Crippen molar-refractivity contribution in [3.05, 3.63) is 11.6 Å². The van der Waals surface area contributed by atoms with Crippen LogP contribution in [0.25, 0.3) is 0 Å². The molecular weight excluding hydrogens is 238 g/mol. The third-order valence-corrected chi connectivity index (χ3v) is 3.58. The average Bonchev–Trinajstić information content (AvgIpc) is 2.43. The zero-order valence-corrected chi connectivity index (χ0v) is 12.9. The molecule has 1 aliphatic carbocycles. The maximum atomic E-state index is 5.38. The van der Waals surface area contributed by atoms with Gasteiger partial charge in [0.05, 0.1) is 5.60 Å². The van der Waals surface area contributed by atoms with E-state index in [0.29, 0.717) is 0 Å². The van der Waals surface area contributed by atoms with Crippen LogP contribution in [0.5, 0.6) is 0 Å². The van der Waals surface area contributed by atoms with Crippen LogP contribution in [0.4, 0.5) is 0 Å². The van der Waals surface area contributed by atoms with Crippen molar-refractivity contribution in [2.45, 2.75) is 51.6 Å². The van der Waals surface area contributed by atoms with Crippen molar-refractivity contribution in [1.29, 1.82) is 0 Å². The van der Waals surface area contributed by atoms with E-state index in [0.717, 1.165) is 25.5 Å². The van der Waals surface area contributed by atoms with Crippen LogP contribution in [-0.4, -0.2) is 38.8 Å². The summed E-state index contributed by atoms with van der Waals surface area (Å²) < 4.78 is 5.38. The van der Waals surface area contributed by atoms with Crippen LogP contribution in [0.1, 0.15) is 46.0 Å². The highest BCUT2D eigenvalue weighted by Gasteiger charge is 2.16. The highest BCUT2D eigenvalue weighted by molar-refractivity contribution is 5.79. The zero-order valence-electron chi connectivity index (χ0n) is 12.9. The van der Waals surface area contributed by atoms with Crippen LogP contribution >= 0.6 is 0 Å². The third-order valence-electron chi connectivity index (χ3n) is 3.58. The monoisotopic (exact) mass is 267 g/mol. The second-order valence-corrected chi connectivity index (χ2v) is 5.67. The van der Waals surface area contributed by atoms with Crippen LogP contribution in [0.15, 0.2) is 16.6 Å². The van der Waals surface area contributed by atoms with E-state index in [9.17, 15) is 0 Å². The summed E-state index contributed by atoms with van der Waals surface area (Å²) in [7, 11) is 3.53. The van der Waals surface area contributed by atoms with E-state index >= 15 is 0 Å². The standard InChI is InChI=1S/C15H29N3O/c1-15(2,19-4)12-18-14(16-3)17-11-10-13-8-6-5-7-9-13/h8H,5-7,9-12H2,1-4H3,(H2,16,17,18). The first-order valence-corrected chi connectivity index (χ1v) is 7.25. The van der Waals surface area contributed by atoms with Gasteiger partial charge < -0.3 is 15.4 Å². The number of nitrogens with zero attached hydrogens (tertiary/aromatic N) is 1. The quantitative estimate of drug-likeness (QED) is 0.441. The van der Waals surface area contributed by atoms with E-state index < -0.39 is 0 Å². The molecule has 0 aromatic heterocycles. The Kier molecular flexibility index (Phi) is 6.92. The van der Waals surface area contributed by atoms with E-state index in [2.05, 4.69) is 35.5 Å². The molecule has 1 rings (SSSR count). The van der Waals surface area contributed by atoms with Crippen LogP contribution in [0, 0.1) is 0 Å². The van der Waals surface area contributed by atoms with Crippen LogP contribution in [0.2, 0.25) is 0 Å². The number of hydrogen-bond donors (Lipinski definition) is 2. The minimum Gasteiger partial charge on any atom is -0.377 e. The van der Waals surface area contributed by atoms with E-state index in [1.807, 2.05) is 0 Å². The zero-order chi connectivity index (χ0) is 14.1. The SMILES string of the molecule is CN=C(NCCC1=CCCCC1)NCC(C)(C)OC. The van der Waals surface area contributed by atoms with Crippen molar-refractivity contribution >= 4 is 5.96 Å². The summed E-state index contributed by atoms with van der Waals surface area (Å²) in [6.07, 6.45) is 8.74. The highest BCUT2D eigenvalue weighted by atomic mass is 16.5. The summed E-state index contributed by atoms with van der Waals surface area (Å²) in [5, 5.41) is 6.65. The summed E-state index contributed by atoms with van der Waals surface area (Å²) in [6, 6.07) is 0. The first-order valence-electron chi connectivity index (χ1n) is 7.25. The number of ether oxygens (including phenoxy) is 1. The predicted molar refractivity (Wildman–Crippen MR) is 81.6 cm³/mol. The molecule has 0 amide bonds. The Morgan fingerprint density at radius 3 is 2.74 bits per heavy atom. The lowest BCUT2D eigenvalue weighted by Crippen LogP contribution is -2.45. The largest absolute Gasteiger partial charge is 0.377 e. The Labute approximate surface area is 117 Å². The summed E-state index contributed by atoms with van der Waals surface area (Å²) in [5.41, 5.74) is 1.41. The molecule has 2 N–H and O–H groups in total. The Morgan fingerprint density at radius 2 is 2.16 bits per heavy atom. The van der Waals surface area contributed by atoms with Gasteiger partial charge in [-0.25, -0.2) is 0 Å². The molecule has 0 spiro atoms. The normalized spacial score (nSPS) is 17.1. The van der Waals surface area contributed by atoms with Crippen molar-refractivity contribution in [2.75, 3.05) is 27.2 Å². The van der Waals surface area contributed by atoms with Crippen molar-refractivity contribution in [3.8, 4) is 0 Å². The second kappa shape index (κ2) is 8.20. The molecule has 1 aliphatic rings. The van der Waals surface area contributed by atoms with Gasteiger partial charge in [0.1, 0.15) is 0 Å².